The molecule has 0 unspecified atom stereocenters. The Morgan fingerprint density at radius 1 is 0.963 bits per heavy atom. The molecule has 4 rings (SSSR count). The van der Waals surface area contributed by atoms with Crippen molar-refractivity contribution in [2.45, 2.75) is 31.3 Å². The topological polar surface area (TPSA) is 32.3 Å². The maximum atomic E-state index is 10.6. The maximum absolute atomic E-state index is 10.6. The van der Waals surface area contributed by atoms with Crippen LogP contribution in [0.1, 0.15) is 47.2 Å². The minimum atomic E-state index is -0.210. The Balaban J connectivity index is 1.77. The van der Waals surface area contributed by atoms with E-state index in [0.717, 1.165) is 24.8 Å². The van der Waals surface area contributed by atoms with Crippen LogP contribution in [0.15, 0.2) is 66.7 Å². The summed E-state index contributed by atoms with van der Waals surface area (Å²) < 4.78 is 0. The van der Waals surface area contributed by atoms with Gasteiger partial charge in [0.25, 0.3) is 0 Å². The van der Waals surface area contributed by atoms with Crippen molar-refractivity contribution in [3.05, 3.63) is 99.0 Å². The van der Waals surface area contributed by atoms with Gasteiger partial charge in [0.1, 0.15) is 5.75 Å². The summed E-state index contributed by atoms with van der Waals surface area (Å²) in [6, 6.07) is 22.0. The zero-order valence-electron chi connectivity index (χ0n) is 14.8. The molecule has 27 heavy (non-hydrogen) atoms. The zero-order valence-corrected chi connectivity index (χ0v) is 16.3. The average molecular weight is 398 g/mol. The molecule has 0 fully saturated rings. The van der Waals surface area contributed by atoms with Crippen LogP contribution in [0.5, 0.6) is 5.75 Å². The number of fused-ring (bicyclic) bond motifs is 1. The second kappa shape index (κ2) is 7.93. The van der Waals surface area contributed by atoms with E-state index in [0.29, 0.717) is 10.6 Å². The number of aromatic hydroxyl groups is 1. The molecule has 0 heterocycles. The van der Waals surface area contributed by atoms with Crippen molar-refractivity contribution in [3.63, 3.8) is 0 Å². The Morgan fingerprint density at radius 2 is 1.70 bits per heavy atom. The number of nitrogens with one attached hydrogen (secondary N) is 1. The van der Waals surface area contributed by atoms with Crippen LogP contribution in [0.2, 0.25) is 10.0 Å². The summed E-state index contributed by atoms with van der Waals surface area (Å²) in [6.07, 6.45) is 3.30. The molecular weight excluding hydrogens is 377 g/mol. The van der Waals surface area contributed by atoms with Crippen molar-refractivity contribution in [3.8, 4) is 5.75 Å². The number of halogens is 2. The molecule has 0 amide bonds. The van der Waals surface area contributed by atoms with Crippen molar-refractivity contribution in [2.75, 3.05) is 0 Å². The third-order valence-electron chi connectivity index (χ3n) is 5.24. The molecular formula is C23H21Cl2NO. The Bertz CT molecular complexity index is 942. The molecule has 0 saturated heterocycles. The van der Waals surface area contributed by atoms with E-state index in [-0.39, 0.29) is 22.9 Å². The smallest absolute Gasteiger partial charge is 0.139 e. The summed E-state index contributed by atoms with van der Waals surface area (Å²) in [5.74, 6) is 0.0755. The maximum Gasteiger partial charge on any atom is 0.139 e. The summed E-state index contributed by atoms with van der Waals surface area (Å²) in [6.45, 7) is 0. The SMILES string of the molecule is Oc1c(Cl)cc(Cl)cc1[C@@H](N[C@H]1CCCc2ccccc21)c1ccccc1. The van der Waals surface area contributed by atoms with Gasteiger partial charge < -0.3 is 5.11 Å². The van der Waals surface area contributed by atoms with Crippen LogP contribution in [0.4, 0.5) is 0 Å². The summed E-state index contributed by atoms with van der Waals surface area (Å²) in [7, 11) is 0. The highest BCUT2D eigenvalue weighted by Gasteiger charge is 2.26. The molecule has 3 aromatic carbocycles. The Hall–Kier alpha value is -2.00. The molecule has 138 valence electrons. The second-order valence-corrected chi connectivity index (χ2v) is 7.82. The lowest BCUT2D eigenvalue weighted by atomic mass is 9.86. The predicted molar refractivity (Wildman–Crippen MR) is 112 cm³/mol. The predicted octanol–water partition coefficient (Wildman–Crippen LogP) is 6.46. The van der Waals surface area contributed by atoms with E-state index in [2.05, 4.69) is 41.7 Å². The van der Waals surface area contributed by atoms with Gasteiger partial charge in [0.2, 0.25) is 0 Å². The summed E-state index contributed by atoms with van der Waals surface area (Å²) in [4.78, 5) is 0. The Kier molecular flexibility index (Phi) is 5.40. The summed E-state index contributed by atoms with van der Waals surface area (Å²) in [5.41, 5.74) is 4.48. The average Bonchev–Trinajstić information content (AvgIpc) is 2.70. The first-order chi connectivity index (χ1) is 13.1. The highest BCUT2D eigenvalue weighted by atomic mass is 35.5. The fourth-order valence-electron chi connectivity index (χ4n) is 3.95. The lowest BCUT2D eigenvalue weighted by molar-refractivity contribution is 0.411. The second-order valence-electron chi connectivity index (χ2n) is 6.98. The number of hydrogen-bond acceptors (Lipinski definition) is 2. The molecule has 3 aromatic rings. The van der Waals surface area contributed by atoms with Gasteiger partial charge in [-0.15, -0.1) is 0 Å². The first kappa shape index (κ1) is 18.4. The van der Waals surface area contributed by atoms with Gasteiger partial charge >= 0.3 is 0 Å². The third kappa shape index (κ3) is 3.84. The molecule has 0 saturated carbocycles. The number of phenols is 1. The minimum absolute atomic E-state index is 0.0755. The molecule has 0 aromatic heterocycles. The number of hydrogen-bond donors (Lipinski definition) is 2. The van der Waals surface area contributed by atoms with Crippen molar-refractivity contribution in [1.82, 2.24) is 5.32 Å². The van der Waals surface area contributed by atoms with Crippen LogP contribution in [0.3, 0.4) is 0 Å². The first-order valence-corrected chi connectivity index (χ1v) is 9.96. The fraction of sp³-hybridized carbons (Fsp3) is 0.217. The minimum Gasteiger partial charge on any atom is -0.506 e. The van der Waals surface area contributed by atoms with Crippen molar-refractivity contribution in [1.29, 1.82) is 0 Å². The van der Waals surface area contributed by atoms with E-state index < -0.39 is 0 Å². The summed E-state index contributed by atoms with van der Waals surface area (Å²) in [5, 5.41) is 15.2. The van der Waals surface area contributed by atoms with E-state index in [1.165, 1.54) is 11.1 Å². The highest BCUT2D eigenvalue weighted by Crippen LogP contribution is 2.40. The molecule has 2 nitrogen and oxygen atoms in total. The molecule has 4 heteroatoms. The summed E-state index contributed by atoms with van der Waals surface area (Å²) >= 11 is 12.5. The van der Waals surface area contributed by atoms with Gasteiger partial charge in [0.15, 0.2) is 0 Å². The lowest BCUT2D eigenvalue weighted by Crippen LogP contribution is -2.30. The van der Waals surface area contributed by atoms with Gasteiger partial charge in [-0.2, -0.15) is 0 Å². The van der Waals surface area contributed by atoms with Crippen molar-refractivity contribution < 1.29 is 5.11 Å². The number of aryl methyl sites for hydroxylation is 1. The van der Waals surface area contributed by atoms with Gasteiger partial charge in [-0.1, -0.05) is 77.8 Å². The molecule has 0 radical (unpaired) electrons. The van der Waals surface area contributed by atoms with Crippen LogP contribution in [-0.4, -0.2) is 5.11 Å². The standard InChI is InChI=1S/C23H21Cl2NO/c24-17-13-19(23(27)20(25)14-17)22(16-8-2-1-3-9-16)26-21-12-6-10-15-7-4-5-11-18(15)21/h1-5,7-9,11,13-14,21-22,26-27H,6,10,12H2/t21-,22-/m0/s1. The van der Waals surface area contributed by atoms with Gasteiger partial charge in [-0.05, 0) is 48.1 Å². The van der Waals surface area contributed by atoms with Gasteiger partial charge in [0, 0.05) is 16.6 Å². The van der Waals surface area contributed by atoms with Crippen LogP contribution >= 0.6 is 23.2 Å². The molecule has 2 N–H and O–H groups in total. The third-order valence-corrected chi connectivity index (χ3v) is 5.75. The van der Waals surface area contributed by atoms with E-state index in [4.69, 9.17) is 23.2 Å². The first-order valence-electron chi connectivity index (χ1n) is 9.20. The monoisotopic (exact) mass is 397 g/mol. The van der Waals surface area contributed by atoms with Gasteiger partial charge in [-0.3, -0.25) is 5.32 Å². The van der Waals surface area contributed by atoms with Crippen LogP contribution < -0.4 is 5.32 Å². The number of rotatable bonds is 4. The Morgan fingerprint density at radius 3 is 2.52 bits per heavy atom. The fourth-order valence-corrected chi connectivity index (χ4v) is 4.45. The lowest BCUT2D eigenvalue weighted by Gasteiger charge is -2.31. The van der Waals surface area contributed by atoms with Gasteiger partial charge in [-0.25, -0.2) is 0 Å². The molecule has 2 atom stereocenters. The largest absolute Gasteiger partial charge is 0.506 e. The molecule has 0 aliphatic heterocycles. The molecule has 1 aliphatic rings. The zero-order chi connectivity index (χ0) is 18.8. The van der Waals surface area contributed by atoms with E-state index >= 15 is 0 Å². The van der Waals surface area contributed by atoms with E-state index in [1.54, 1.807) is 12.1 Å². The van der Waals surface area contributed by atoms with Gasteiger partial charge in [0.05, 0.1) is 11.1 Å². The normalized spacial score (nSPS) is 17.3. The van der Waals surface area contributed by atoms with Crippen LogP contribution in [0, 0.1) is 0 Å². The van der Waals surface area contributed by atoms with Crippen LogP contribution in [0.25, 0.3) is 0 Å². The molecule has 0 bridgehead atoms. The van der Waals surface area contributed by atoms with Crippen LogP contribution in [-0.2, 0) is 6.42 Å². The molecule has 1 aliphatic carbocycles. The van der Waals surface area contributed by atoms with E-state index in [1.807, 2.05) is 18.2 Å². The number of benzene rings is 3. The highest BCUT2D eigenvalue weighted by molar-refractivity contribution is 6.35. The van der Waals surface area contributed by atoms with E-state index in [9.17, 15) is 5.11 Å². The van der Waals surface area contributed by atoms with Crippen molar-refractivity contribution >= 4 is 23.2 Å². The quantitative estimate of drug-likeness (QED) is 0.529. The number of phenolic OH excluding ortho intramolecular Hbond substituents is 1. The molecule has 0 spiro atoms. The van der Waals surface area contributed by atoms with Crippen molar-refractivity contribution in [2.24, 2.45) is 0 Å². The Labute approximate surface area is 169 Å².